The zero-order valence-electron chi connectivity index (χ0n) is 18.0. The molecule has 1 fully saturated rings. The smallest absolute Gasteiger partial charge is 0.417 e. The number of carbonyl (C=O) groups excluding carboxylic acids is 1. The molecule has 0 bridgehead atoms. The number of piperazine rings is 1. The molecular formula is C24H25N3O6. The fraction of sp³-hybridized carbons (Fsp3) is 0.375. The molecule has 0 aliphatic carbocycles. The van der Waals surface area contributed by atoms with Crippen molar-refractivity contribution in [1.82, 2.24) is 14.8 Å². The number of benzene rings is 2. The highest BCUT2D eigenvalue weighted by Crippen LogP contribution is 2.38. The molecular weight excluding hydrogens is 426 g/mol. The third kappa shape index (κ3) is 4.23. The molecule has 2 N–H and O–H groups in total. The minimum absolute atomic E-state index is 0.0449. The molecule has 3 heterocycles. The Bertz CT molecular complexity index is 1250. The van der Waals surface area contributed by atoms with Crippen molar-refractivity contribution in [3.05, 3.63) is 64.1 Å². The van der Waals surface area contributed by atoms with E-state index in [4.69, 9.17) is 9.15 Å². The van der Waals surface area contributed by atoms with E-state index in [9.17, 15) is 19.5 Å². The number of nitrogens with zero attached hydrogens (tertiary/aromatic N) is 2. The average Bonchev–Trinajstić information content (AvgIpc) is 3.21. The largest absolute Gasteiger partial charge is 0.493 e. The van der Waals surface area contributed by atoms with Crippen LogP contribution >= 0.6 is 0 Å². The number of H-pyrrole nitrogens is 1. The van der Waals surface area contributed by atoms with Crippen molar-refractivity contribution in [3.8, 4) is 5.75 Å². The van der Waals surface area contributed by atoms with Gasteiger partial charge in [0.25, 0.3) is 0 Å². The number of oxazole rings is 1. The van der Waals surface area contributed by atoms with Crippen LogP contribution in [0.15, 0.2) is 51.7 Å². The summed E-state index contributed by atoms with van der Waals surface area (Å²) in [6.45, 7) is 2.62. The Hall–Kier alpha value is -3.59. The zero-order chi connectivity index (χ0) is 22.9. The summed E-state index contributed by atoms with van der Waals surface area (Å²) in [7, 11) is 0. The number of hydrogen-bond donors (Lipinski definition) is 2. The van der Waals surface area contributed by atoms with Gasteiger partial charge in [0.2, 0.25) is 0 Å². The molecule has 9 heteroatoms. The van der Waals surface area contributed by atoms with Gasteiger partial charge in [-0.2, -0.15) is 0 Å². The van der Waals surface area contributed by atoms with Crippen molar-refractivity contribution in [2.45, 2.75) is 24.8 Å². The number of ether oxygens (including phenoxy) is 1. The maximum atomic E-state index is 12.8. The lowest BCUT2D eigenvalue weighted by atomic mass is 9.84. The van der Waals surface area contributed by atoms with Crippen LogP contribution in [0.5, 0.6) is 5.75 Å². The van der Waals surface area contributed by atoms with Crippen LogP contribution in [0.1, 0.15) is 34.7 Å². The van der Waals surface area contributed by atoms with E-state index in [-0.39, 0.29) is 17.7 Å². The van der Waals surface area contributed by atoms with E-state index >= 15 is 0 Å². The number of aromatic amines is 1. The number of aromatic nitrogens is 1. The second-order valence-electron chi connectivity index (χ2n) is 8.52. The molecule has 0 radical (unpaired) electrons. The molecule has 2 aliphatic rings. The maximum Gasteiger partial charge on any atom is 0.417 e. The standard InChI is InChI=1S/C24H25N3O6/c28-20(15-5-6-18-22(13-15)33-23(29)25-18)7-9-26-10-11-27(24(30)31)19(14-26)16-8-12-32-21-4-2-1-3-17(16)21/h1-6,13,16,19H,7-12,14H2,(H,25,29)(H,30,31). The van der Waals surface area contributed by atoms with Crippen LogP contribution in [0, 0.1) is 0 Å². The molecule has 0 spiro atoms. The number of amides is 1. The summed E-state index contributed by atoms with van der Waals surface area (Å²) in [5, 5.41) is 9.82. The molecule has 0 saturated carbocycles. The van der Waals surface area contributed by atoms with Gasteiger partial charge in [-0.3, -0.25) is 14.7 Å². The van der Waals surface area contributed by atoms with Crippen LogP contribution in [0.3, 0.4) is 0 Å². The predicted octanol–water partition coefficient (Wildman–Crippen LogP) is 2.92. The lowest BCUT2D eigenvalue weighted by Gasteiger charge is -2.44. The minimum atomic E-state index is -0.916. The Labute approximate surface area is 189 Å². The minimum Gasteiger partial charge on any atom is -0.493 e. The highest BCUT2D eigenvalue weighted by molar-refractivity contribution is 5.98. The number of ketones is 1. The van der Waals surface area contributed by atoms with Crippen LogP contribution in [0.25, 0.3) is 11.1 Å². The van der Waals surface area contributed by atoms with E-state index in [0.29, 0.717) is 55.9 Å². The van der Waals surface area contributed by atoms with Gasteiger partial charge in [0.1, 0.15) is 5.75 Å². The van der Waals surface area contributed by atoms with Gasteiger partial charge >= 0.3 is 11.8 Å². The van der Waals surface area contributed by atoms with Gasteiger partial charge in [-0.05, 0) is 36.2 Å². The first-order valence-electron chi connectivity index (χ1n) is 11.1. The molecule has 2 atom stereocenters. The SMILES string of the molecule is O=C(CCN1CCN(C(=O)O)C(C2CCOc3ccccc32)C1)c1ccc2[nH]c(=O)oc2c1. The normalized spacial score (nSPS) is 20.9. The first-order chi connectivity index (χ1) is 16.0. The van der Waals surface area contributed by atoms with Gasteiger partial charge in [0.15, 0.2) is 11.4 Å². The van der Waals surface area contributed by atoms with E-state index in [1.54, 1.807) is 18.2 Å². The number of carbonyl (C=O) groups is 2. The Balaban J connectivity index is 1.29. The highest BCUT2D eigenvalue weighted by atomic mass is 16.5. The first-order valence-corrected chi connectivity index (χ1v) is 11.1. The molecule has 1 aromatic heterocycles. The van der Waals surface area contributed by atoms with E-state index < -0.39 is 11.8 Å². The summed E-state index contributed by atoms with van der Waals surface area (Å²) >= 11 is 0. The van der Waals surface area contributed by atoms with Crippen LogP contribution in [-0.2, 0) is 0 Å². The molecule has 3 aromatic rings. The summed E-state index contributed by atoms with van der Waals surface area (Å²) in [5.41, 5.74) is 2.45. The summed E-state index contributed by atoms with van der Waals surface area (Å²) in [5.74, 6) is 0.266. The quantitative estimate of drug-likeness (QED) is 0.573. The van der Waals surface area contributed by atoms with Crippen molar-refractivity contribution >= 4 is 23.0 Å². The Kier molecular flexibility index (Phi) is 5.63. The molecule has 2 unspecified atom stereocenters. The third-order valence-electron chi connectivity index (χ3n) is 6.62. The second-order valence-corrected chi connectivity index (χ2v) is 8.52. The van der Waals surface area contributed by atoms with Crippen LogP contribution in [0.2, 0.25) is 0 Å². The fourth-order valence-corrected chi connectivity index (χ4v) is 4.95. The van der Waals surface area contributed by atoms with Crippen LogP contribution in [-0.4, -0.2) is 70.6 Å². The van der Waals surface area contributed by atoms with E-state index in [1.165, 1.54) is 4.90 Å². The average molecular weight is 451 g/mol. The number of carboxylic acid groups (broad SMARTS) is 1. The number of rotatable bonds is 5. The van der Waals surface area contributed by atoms with Gasteiger partial charge in [0, 0.05) is 44.1 Å². The molecule has 1 saturated heterocycles. The molecule has 9 nitrogen and oxygen atoms in total. The predicted molar refractivity (Wildman–Crippen MR) is 120 cm³/mol. The van der Waals surface area contributed by atoms with Gasteiger partial charge in [-0.1, -0.05) is 18.2 Å². The summed E-state index contributed by atoms with van der Waals surface area (Å²) < 4.78 is 10.8. The van der Waals surface area contributed by atoms with Gasteiger partial charge in [-0.15, -0.1) is 0 Å². The first kappa shape index (κ1) is 21.3. The zero-order valence-corrected chi connectivity index (χ0v) is 18.0. The van der Waals surface area contributed by atoms with Crippen molar-refractivity contribution < 1.29 is 23.8 Å². The molecule has 2 aromatic carbocycles. The van der Waals surface area contributed by atoms with Crippen molar-refractivity contribution in [2.75, 3.05) is 32.8 Å². The highest BCUT2D eigenvalue weighted by Gasteiger charge is 2.38. The number of hydrogen-bond acceptors (Lipinski definition) is 6. The van der Waals surface area contributed by atoms with Crippen LogP contribution < -0.4 is 10.5 Å². The molecule has 33 heavy (non-hydrogen) atoms. The topological polar surface area (TPSA) is 116 Å². The lowest BCUT2D eigenvalue weighted by molar-refractivity contribution is 0.0481. The van der Waals surface area contributed by atoms with E-state index in [2.05, 4.69) is 9.88 Å². The summed E-state index contributed by atoms with van der Waals surface area (Å²) in [4.78, 5) is 42.4. The Morgan fingerprint density at radius 3 is 2.85 bits per heavy atom. The van der Waals surface area contributed by atoms with Crippen molar-refractivity contribution in [1.29, 1.82) is 0 Å². The molecule has 172 valence electrons. The number of para-hydroxylation sites is 1. The van der Waals surface area contributed by atoms with Gasteiger partial charge < -0.3 is 19.2 Å². The summed E-state index contributed by atoms with van der Waals surface area (Å²) in [6, 6.07) is 12.5. The summed E-state index contributed by atoms with van der Waals surface area (Å²) in [6.07, 6.45) is 0.130. The van der Waals surface area contributed by atoms with Gasteiger partial charge in [-0.25, -0.2) is 9.59 Å². The lowest BCUT2D eigenvalue weighted by Crippen LogP contribution is -2.57. The van der Waals surface area contributed by atoms with Crippen molar-refractivity contribution in [3.63, 3.8) is 0 Å². The monoisotopic (exact) mass is 451 g/mol. The van der Waals surface area contributed by atoms with E-state index in [0.717, 1.165) is 17.7 Å². The second kappa shape index (κ2) is 8.74. The number of Topliss-reactive ketones (excluding diaryl/α,β-unsaturated/α-hetero) is 1. The Morgan fingerprint density at radius 1 is 1.15 bits per heavy atom. The molecule has 1 amide bonds. The van der Waals surface area contributed by atoms with E-state index in [1.807, 2.05) is 24.3 Å². The third-order valence-corrected chi connectivity index (χ3v) is 6.62. The fourth-order valence-electron chi connectivity index (χ4n) is 4.95. The number of fused-ring (bicyclic) bond motifs is 2. The van der Waals surface area contributed by atoms with Gasteiger partial charge in [0.05, 0.1) is 18.2 Å². The number of nitrogens with one attached hydrogen (secondary N) is 1. The Morgan fingerprint density at radius 2 is 2.00 bits per heavy atom. The maximum absolute atomic E-state index is 12.8. The van der Waals surface area contributed by atoms with Crippen molar-refractivity contribution in [2.24, 2.45) is 0 Å². The molecule has 5 rings (SSSR count). The molecule has 2 aliphatic heterocycles. The van der Waals surface area contributed by atoms with Crippen LogP contribution in [0.4, 0.5) is 4.79 Å².